The quantitative estimate of drug-likeness (QED) is 0.305. The van der Waals surface area contributed by atoms with Gasteiger partial charge in [-0.1, -0.05) is 91.0 Å². The van der Waals surface area contributed by atoms with Crippen molar-refractivity contribution in [3.63, 3.8) is 0 Å². The molecule has 198 valence electrons. The van der Waals surface area contributed by atoms with Crippen molar-refractivity contribution in [2.45, 2.75) is 50.5 Å². The van der Waals surface area contributed by atoms with Gasteiger partial charge in [0, 0.05) is 17.8 Å². The largest absolute Gasteiger partial charge is 0.368 e. The lowest BCUT2D eigenvalue weighted by Gasteiger charge is -2.45. The molecule has 4 rings (SSSR count). The molecule has 37 heavy (non-hydrogen) atoms. The molecule has 1 fully saturated rings. The molecule has 0 saturated carbocycles. The van der Waals surface area contributed by atoms with Crippen LogP contribution in [-0.2, 0) is 52.6 Å². The molecule has 9 heteroatoms. The van der Waals surface area contributed by atoms with Gasteiger partial charge >= 0.3 is 0 Å². The van der Waals surface area contributed by atoms with Crippen LogP contribution in [0.2, 0.25) is 0 Å². The van der Waals surface area contributed by atoms with Crippen LogP contribution in [-0.4, -0.2) is 52.0 Å². The molecule has 1 aliphatic heterocycles. The van der Waals surface area contributed by atoms with E-state index in [9.17, 15) is 8.42 Å². The fraction of sp³-hybridized carbons (Fsp3) is 0.357. The van der Waals surface area contributed by atoms with E-state index in [1.54, 1.807) is 0 Å². The Morgan fingerprint density at radius 3 is 1.49 bits per heavy atom. The summed E-state index contributed by atoms with van der Waals surface area (Å²) >= 11 is 0. The summed E-state index contributed by atoms with van der Waals surface area (Å²) in [5.41, 5.74) is 2.84. The van der Waals surface area contributed by atoms with Crippen molar-refractivity contribution in [2.75, 3.05) is 12.9 Å². The number of rotatable bonds is 12. The highest BCUT2D eigenvalue weighted by Gasteiger charge is 2.49. The molecule has 0 radical (unpaired) electrons. The second kappa shape index (κ2) is 13.5. The Morgan fingerprint density at radius 2 is 1.08 bits per heavy atom. The average Bonchev–Trinajstić information content (AvgIpc) is 2.91. The van der Waals surface area contributed by atoms with Crippen molar-refractivity contribution >= 4 is 19.7 Å². The third-order valence-electron chi connectivity index (χ3n) is 6.04. The van der Waals surface area contributed by atoms with Crippen molar-refractivity contribution < 1.29 is 32.1 Å². The average molecular weight is 547 g/mol. The van der Waals surface area contributed by atoms with Crippen LogP contribution in [0.1, 0.15) is 16.7 Å². The van der Waals surface area contributed by atoms with E-state index in [1.165, 1.54) is 7.11 Å². The first kappa shape index (κ1) is 27.7. The minimum Gasteiger partial charge on any atom is -0.368 e. The summed E-state index contributed by atoms with van der Waals surface area (Å²) in [7, 11) is 3.22. The predicted octanol–water partition coefficient (Wildman–Crippen LogP) is 4.68. The Balaban J connectivity index is 1.63. The van der Waals surface area contributed by atoms with Gasteiger partial charge in [0.2, 0.25) is 9.05 Å². The standard InChI is InChI=1S/C28H31ClO7S/c1-32-28-27(35-19-23-15-9-4-10-16-23)26(34-18-22-13-7-3-8-14-22)25(24(36-28)20-37(29,30)31)33-17-21-11-5-2-6-12-21/h2-16,24-28H,17-20H2,1H3/t24?,25-,26-,27?,28+/m0/s1. The first-order chi connectivity index (χ1) is 17.9. The molecule has 0 N–H and O–H groups in total. The zero-order valence-corrected chi connectivity index (χ0v) is 22.1. The molecule has 0 bridgehead atoms. The molecule has 5 atom stereocenters. The maximum absolute atomic E-state index is 12.1. The Morgan fingerprint density at radius 1 is 0.676 bits per heavy atom. The Kier molecular flexibility index (Phi) is 10.1. The topological polar surface area (TPSA) is 80.3 Å². The summed E-state index contributed by atoms with van der Waals surface area (Å²) in [5, 5.41) is 0. The van der Waals surface area contributed by atoms with Crippen molar-refractivity contribution in [1.82, 2.24) is 0 Å². The van der Waals surface area contributed by atoms with Crippen molar-refractivity contribution in [3.8, 4) is 0 Å². The smallest absolute Gasteiger partial charge is 0.235 e. The summed E-state index contributed by atoms with van der Waals surface area (Å²) in [6.45, 7) is 0.768. The van der Waals surface area contributed by atoms with E-state index in [1.807, 2.05) is 91.0 Å². The maximum atomic E-state index is 12.1. The second-order valence-corrected chi connectivity index (χ2v) is 11.6. The highest BCUT2D eigenvalue weighted by Crippen LogP contribution is 2.32. The van der Waals surface area contributed by atoms with Crippen LogP contribution in [0.5, 0.6) is 0 Å². The van der Waals surface area contributed by atoms with E-state index in [0.717, 1.165) is 16.7 Å². The predicted molar refractivity (Wildman–Crippen MR) is 140 cm³/mol. The minimum absolute atomic E-state index is 0.224. The lowest BCUT2D eigenvalue weighted by Crippen LogP contribution is -2.61. The SMILES string of the molecule is CO[C@@H]1OC(CS(=O)(=O)Cl)[C@H](OCc2ccccc2)[C@H](OCc2ccccc2)C1OCc1ccccc1. The van der Waals surface area contributed by atoms with Crippen LogP contribution in [0.3, 0.4) is 0 Å². The van der Waals surface area contributed by atoms with Gasteiger partial charge in [-0.25, -0.2) is 8.42 Å². The molecule has 1 heterocycles. The lowest BCUT2D eigenvalue weighted by molar-refractivity contribution is -0.313. The van der Waals surface area contributed by atoms with Crippen LogP contribution in [0.4, 0.5) is 0 Å². The number of hydrogen-bond acceptors (Lipinski definition) is 7. The van der Waals surface area contributed by atoms with Crippen LogP contribution in [0.15, 0.2) is 91.0 Å². The normalized spacial score (nSPS) is 24.1. The van der Waals surface area contributed by atoms with Gasteiger partial charge in [0.25, 0.3) is 0 Å². The van der Waals surface area contributed by atoms with Crippen molar-refractivity contribution in [2.24, 2.45) is 0 Å². The van der Waals surface area contributed by atoms with E-state index >= 15 is 0 Å². The highest BCUT2D eigenvalue weighted by molar-refractivity contribution is 8.13. The zero-order chi connectivity index (χ0) is 26.1. The van der Waals surface area contributed by atoms with Gasteiger partial charge in [-0.15, -0.1) is 0 Å². The number of benzene rings is 3. The number of ether oxygens (including phenoxy) is 5. The summed E-state index contributed by atoms with van der Waals surface area (Å²) in [4.78, 5) is 0. The first-order valence-corrected chi connectivity index (χ1v) is 14.5. The lowest BCUT2D eigenvalue weighted by atomic mass is 9.98. The molecule has 3 aromatic rings. The van der Waals surface area contributed by atoms with Crippen LogP contribution >= 0.6 is 10.7 Å². The first-order valence-electron chi connectivity index (χ1n) is 12.0. The number of methoxy groups -OCH3 is 1. The zero-order valence-electron chi connectivity index (χ0n) is 20.5. The van der Waals surface area contributed by atoms with Gasteiger partial charge in [-0.05, 0) is 16.7 Å². The van der Waals surface area contributed by atoms with E-state index in [2.05, 4.69) is 0 Å². The van der Waals surface area contributed by atoms with E-state index in [4.69, 9.17) is 34.4 Å². The molecule has 1 saturated heterocycles. The van der Waals surface area contributed by atoms with Gasteiger partial charge in [-0.2, -0.15) is 0 Å². The molecule has 1 aliphatic rings. The van der Waals surface area contributed by atoms with Gasteiger partial charge in [0.15, 0.2) is 6.29 Å². The fourth-order valence-corrected chi connectivity index (χ4v) is 5.30. The summed E-state index contributed by atoms with van der Waals surface area (Å²) in [6, 6.07) is 29.0. The Bertz CT molecular complexity index is 1180. The molecular weight excluding hydrogens is 516 g/mol. The highest BCUT2D eigenvalue weighted by atomic mass is 35.7. The molecule has 7 nitrogen and oxygen atoms in total. The fourth-order valence-electron chi connectivity index (χ4n) is 4.27. The molecule has 2 unspecified atom stereocenters. The molecular formula is C28H31ClO7S. The van der Waals surface area contributed by atoms with E-state index in [0.29, 0.717) is 0 Å². The third kappa shape index (κ3) is 8.35. The summed E-state index contributed by atoms with van der Waals surface area (Å²) in [6.07, 6.45) is -4.05. The summed E-state index contributed by atoms with van der Waals surface area (Å²) < 4.78 is 54.9. The molecule has 0 aliphatic carbocycles. The summed E-state index contributed by atoms with van der Waals surface area (Å²) in [5.74, 6) is -0.468. The van der Waals surface area contributed by atoms with Crippen LogP contribution < -0.4 is 0 Å². The van der Waals surface area contributed by atoms with Gasteiger partial charge in [0.05, 0.1) is 25.6 Å². The number of halogens is 1. The van der Waals surface area contributed by atoms with Crippen molar-refractivity contribution in [3.05, 3.63) is 108 Å². The van der Waals surface area contributed by atoms with Crippen LogP contribution in [0.25, 0.3) is 0 Å². The minimum atomic E-state index is -3.92. The molecule has 0 spiro atoms. The number of hydrogen-bond donors (Lipinski definition) is 0. The monoisotopic (exact) mass is 546 g/mol. The van der Waals surface area contributed by atoms with Crippen LogP contribution in [0, 0.1) is 0 Å². The van der Waals surface area contributed by atoms with Gasteiger partial charge < -0.3 is 23.7 Å². The van der Waals surface area contributed by atoms with E-state index in [-0.39, 0.29) is 19.8 Å². The molecule has 3 aromatic carbocycles. The van der Waals surface area contributed by atoms with E-state index < -0.39 is 45.5 Å². The Labute approximate surface area is 222 Å². The maximum Gasteiger partial charge on any atom is 0.235 e. The molecule has 0 amide bonds. The van der Waals surface area contributed by atoms with Gasteiger partial charge in [0.1, 0.15) is 24.4 Å². The van der Waals surface area contributed by atoms with Gasteiger partial charge in [-0.3, -0.25) is 0 Å². The Hall–Kier alpha value is -2.30. The second-order valence-electron chi connectivity index (χ2n) is 8.77. The third-order valence-corrected chi connectivity index (χ3v) is 7.15. The molecule has 0 aromatic heterocycles. The van der Waals surface area contributed by atoms with Crippen molar-refractivity contribution in [1.29, 1.82) is 0 Å².